The van der Waals surface area contributed by atoms with Crippen molar-refractivity contribution < 1.29 is 34.7 Å². The fourth-order valence-electron chi connectivity index (χ4n) is 6.77. The molecule has 0 bridgehead atoms. The standard InChI is InChI=1S/C37H68O7/c1-3-4-5-6-7-8-9-10-11-12-13-17-23-33(40)35-25-26-36(44-35)34(41)24-19-18-21-31(38)20-15-14-16-22-32(39)28-30-27-29(2)43-37(30)42/h27,29,31-36,38-41H,3-26,28H2,1-2H3/t29-,31+,32-,33+,34+,35+,36+/m0/s1. The van der Waals surface area contributed by atoms with Crippen molar-refractivity contribution in [2.75, 3.05) is 0 Å². The molecule has 2 aliphatic heterocycles. The average molecular weight is 625 g/mol. The van der Waals surface area contributed by atoms with Gasteiger partial charge in [0.05, 0.1) is 36.6 Å². The molecule has 0 unspecified atom stereocenters. The lowest BCUT2D eigenvalue weighted by Gasteiger charge is -2.22. The van der Waals surface area contributed by atoms with Gasteiger partial charge in [0.25, 0.3) is 0 Å². The molecule has 0 amide bonds. The molecule has 7 atom stereocenters. The molecule has 0 aromatic heterocycles. The van der Waals surface area contributed by atoms with Crippen LogP contribution in [0.15, 0.2) is 11.6 Å². The van der Waals surface area contributed by atoms with E-state index in [0.29, 0.717) is 24.8 Å². The van der Waals surface area contributed by atoms with Crippen LogP contribution in [0.5, 0.6) is 0 Å². The maximum Gasteiger partial charge on any atom is 0.334 e. The molecule has 44 heavy (non-hydrogen) atoms. The quantitative estimate of drug-likeness (QED) is 0.0518. The number of rotatable bonds is 28. The number of hydrogen-bond donors (Lipinski definition) is 4. The van der Waals surface area contributed by atoms with Crippen molar-refractivity contribution in [3.05, 3.63) is 11.6 Å². The monoisotopic (exact) mass is 624 g/mol. The van der Waals surface area contributed by atoms with E-state index in [-0.39, 0.29) is 30.4 Å². The molecule has 2 heterocycles. The van der Waals surface area contributed by atoms with Gasteiger partial charge in [-0.15, -0.1) is 0 Å². The average Bonchev–Trinajstić information content (AvgIpc) is 3.61. The van der Waals surface area contributed by atoms with Gasteiger partial charge >= 0.3 is 5.97 Å². The van der Waals surface area contributed by atoms with Gasteiger partial charge in [0.2, 0.25) is 0 Å². The summed E-state index contributed by atoms with van der Waals surface area (Å²) in [6.45, 7) is 4.08. The Hall–Kier alpha value is -0.990. The summed E-state index contributed by atoms with van der Waals surface area (Å²) in [5.74, 6) is -0.314. The fourth-order valence-corrected chi connectivity index (χ4v) is 6.77. The zero-order valence-corrected chi connectivity index (χ0v) is 28.3. The van der Waals surface area contributed by atoms with E-state index in [0.717, 1.165) is 70.6 Å². The molecule has 0 spiro atoms. The topological polar surface area (TPSA) is 116 Å². The molecule has 7 nitrogen and oxygen atoms in total. The number of esters is 1. The number of unbranched alkanes of at least 4 members (excludes halogenated alkanes) is 14. The minimum Gasteiger partial charge on any atom is -0.455 e. The van der Waals surface area contributed by atoms with Crippen molar-refractivity contribution in [1.29, 1.82) is 0 Å². The second-order valence-corrected chi connectivity index (χ2v) is 13.8. The number of carbonyl (C=O) groups excluding carboxylic acids is 1. The second-order valence-electron chi connectivity index (χ2n) is 13.8. The first-order valence-corrected chi connectivity index (χ1v) is 18.6. The molecule has 7 heteroatoms. The number of ether oxygens (including phenoxy) is 2. The lowest BCUT2D eigenvalue weighted by Crippen LogP contribution is -2.31. The summed E-state index contributed by atoms with van der Waals surface area (Å²) in [6, 6.07) is 0. The smallest absolute Gasteiger partial charge is 0.334 e. The Morgan fingerprint density at radius 2 is 1.05 bits per heavy atom. The molecule has 4 N–H and O–H groups in total. The number of cyclic esters (lactones) is 1. The maximum absolute atomic E-state index is 11.7. The first kappa shape index (κ1) is 39.2. The van der Waals surface area contributed by atoms with E-state index in [2.05, 4.69) is 6.92 Å². The van der Waals surface area contributed by atoms with Crippen LogP contribution < -0.4 is 0 Å². The van der Waals surface area contributed by atoms with E-state index >= 15 is 0 Å². The van der Waals surface area contributed by atoms with Crippen molar-refractivity contribution in [3.8, 4) is 0 Å². The van der Waals surface area contributed by atoms with Crippen LogP contribution in [0.4, 0.5) is 0 Å². The van der Waals surface area contributed by atoms with Crippen LogP contribution in [0.3, 0.4) is 0 Å². The van der Waals surface area contributed by atoms with Gasteiger partial charge in [0.1, 0.15) is 6.10 Å². The predicted octanol–water partition coefficient (Wildman–Crippen LogP) is 7.84. The van der Waals surface area contributed by atoms with Gasteiger partial charge in [-0.3, -0.25) is 0 Å². The van der Waals surface area contributed by atoms with Crippen molar-refractivity contribution in [3.63, 3.8) is 0 Å². The largest absolute Gasteiger partial charge is 0.455 e. The van der Waals surface area contributed by atoms with Crippen molar-refractivity contribution in [1.82, 2.24) is 0 Å². The molecule has 0 saturated carbocycles. The molecule has 0 aromatic rings. The van der Waals surface area contributed by atoms with Gasteiger partial charge in [-0.25, -0.2) is 4.79 Å². The van der Waals surface area contributed by atoms with Gasteiger partial charge in [0, 0.05) is 12.0 Å². The summed E-state index contributed by atoms with van der Waals surface area (Å²) >= 11 is 0. The van der Waals surface area contributed by atoms with Crippen LogP contribution in [-0.4, -0.2) is 69.1 Å². The van der Waals surface area contributed by atoms with E-state index in [4.69, 9.17) is 9.47 Å². The Morgan fingerprint density at radius 1 is 0.636 bits per heavy atom. The Morgan fingerprint density at radius 3 is 1.55 bits per heavy atom. The van der Waals surface area contributed by atoms with Crippen LogP contribution >= 0.6 is 0 Å². The number of aliphatic hydroxyl groups excluding tert-OH is 4. The van der Waals surface area contributed by atoms with E-state index in [9.17, 15) is 25.2 Å². The molecular formula is C37H68O7. The minimum atomic E-state index is -0.531. The summed E-state index contributed by atoms with van der Waals surface area (Å²) < 4.78 is 11.1. The van der Waals surface area contributed by atoms with E-state index in [1.165, 1.54) is 70.6 Å². The molecule has 1 fully saturated rings. The fraction of sp³-hybridized carbons (Fsp3) is 0.919. The van der Waals surface area contributed by atoms with Crippen LogP contribution in [0.2, 0.25) is 0 Å². The van der Waals surface area contributed by atoms with Crippen LogP contribution in [0.1, 0.15) is 174 Å². The molecule has 0 aliphatic carbocycles. The van der Waals surface area contributed by atoms with E-state index < -0.39 is 18.3 Å². The number of aliphatic hydroxyl groups is 4. The first-order valence-electron chi connectivity index (χ1n) is 18.6. The highest BCUT2D eigenvalue weighted by molar-refractivity contribution is 5.90. The van der Waals surface area contributed by atoms with Gasteiger partial charge in [-0.05, 0) is 57.9 Å². The third kappa shape index (κ3) is 17.6. The normalized spacial score (nSPS) is 23.0. The van der Waals surface area contributed by atoms with Gasteiger partial charge in [-0.2, -0.15) is 0 Å². The highest BCUT2D eigenvalue weighted by Crippen LogP contribution is 2.28. The summed E-state index contributed by atoms with van der Waals surface area (Å²) in [4.78, 5) is 11.7. The molecule has 2 aliphatic rings. The second kappa shape index (κ2) is 24.2. The Labute approximate surface area is 269 Å². The summed E-state index contributed by atoms with van der Waals surface area (Å²) in [5, 5.41) is 41.8. The highest BCUT2D eigenvalue weighted by Gasteiger charge is 2.34. The van der Waals surface area contributed by atoms with Crippen LogP contribution in [0, 0.1) is 0 Å². The summed E-state index contributed by atoms with van der Waals surface area (Å²) in [5.41, 5.74) is 0.576. The Balaban J connectivity index is 1.40. The molecule has 0 aromatic carbocycles. The lowest BCUT2D eigenvalue weighted by atomic mass is 9.99. The predicted molar refractivity (Wildman–Crippen MR) is 177 cm³/mol. The summed E-state index contributed by atoms with van der Waals surface area (Å²) in [7, 11) is 0. The van der Waals surface area contributed by atoms with Crippen molar-refractivity contribution in [2.24, 2.45) is 0 Å². The maximum atomic E-state index is 11.7. The number of hydrogen-bond acceptors (Lipinski definition) is 7. The molecule has 258 valence electrons. The highest BCUT2D eigenvalue weighted by atomic mass is 16.5. The zero-order valence-electron chi connectivity index (χ0n) is 28.3. The third-order valence-electron chi connectivity index (χ3n) is 9.61. The van der Waals surface area contributed by atoms with Crippen LogP contribution in [0.25, 0.3) is 0 Å². The first-order chi connectivity index (χ1) is 21.3. The minimum absolute atomic E-state index is 0.148. The van der Waals surface area contributed by atoms with Crippen molar-refractivity contribution >= 4 is 5.97 Å². The zero-order chi connectivity index (χ0) is 32.0. The molecular weight excluding hydrogens is 556 g/mol. The molecule has 2 rings (SSSR count). The molecule has 0 radical (unpaired) electrons. The van der Waals surface area contributed by atoms with Gasteiger partial charge < -0.3 is 29.9 Å². The Kier molecular flexibility index (Phi) is 21.6. The Bertz CT molecular complexity index is 756. The summed E-state index contributed by atoms with van der Waals surface area (Å²) in [6.07, 6.45) is 25.2. The van der Waals surface area contributed by atoms with Crippen LogP contribution in [-0.2, 0) is 14.3 Å². The van der Waals surface area contributed by atoms with E-state index in [1.807, 2.05) is 6.92 Å². The molecule has 1 saturated heterocycles. The SMILES string of the molecule is CCCCCCCCCCCCCC[C@@H](O)[C@H]1CC[C@H]([C@H](O)CCCC[C@H](O)CCCCC[C@H](O)CC2=C[C@H](C)OC2=O)O1. The van der Waals surface area contributed by atoms with E-state index in [1.54, 1.807) is 6.08 Å². The third-order valence-corrected chi connectivity index (χ3v) is 9.61. The van der Waals surface area contributed by atoms with Gasteiger partial charge in [0.15, 0.2) is 0 Å². The lowest BCUT2D eigenvalue weighted by molar-refractivity contribution is -0.139. The van der Waals surface area contributed by atoms with Gasteiger partial charge in [-0.1, -0.05) is 116 Å². The number of carbonyl (C=O) groups is 1. The van der Waals surface area contributed by atoms with Crippen molar-refractivity contribution in [2.45, 2.75) is 217 Å².